The van der Waals surface area contributed by atoms with Crippen LogP contribution in [0.3, 0.4) is 0 Å². The molecule has 2 aromatic heterocycles. The highest BCUT2D eigenvalue weighted by Crippen LogP contribution is 2.48. The maximum Gasteiger partial charge on any atom is 0.138 e. The fourth-order valence-electron chi connectivity index (χ4n) is 6.31. The van der Waals surface area contributed by atoms with E-state index in [0.717, 1.165) is 46.0 Å². The summed E-state index contributed by atoms with van der Waals surface area (Å²) in [6, 6.07) is 47.7. The molecule has 0 unspecified atom stereocenters. The van der Waals surface area contributed by atoms with Crippen molar-refractivity contribution in [3.63, 3.8) is 0 Å². The fourth-order valence-corrected chi connectivity index (χ4v) is 6.31. The summed E-state index contributed by atoms with van der Waals surface area (Å²) in [6.07, 6.45) is 5.35. The molecule has 3 nitrogen and oxygen atoms in total. The second-order valence-corrected chi connectivity index (χ2v) is 10.7. The number of hydrogen-bond acceptors (Lipinski definition) is 2. The SMILES string of the molecule is CCc1cc(-c2ccccc2)cc(-n2c3ccccc3c3ccc4c(c32)N(c2ccccc2)c2ccccc2C=C4)n1. The van der Waals surface area contributed by atoms with Gasteiger partial charge in [0.1, 0.15) is 5.82 Å². The summed E-state index contributed by atoms with van der Waals surface area (Å²) in [4.78, 5) is 7.68. The summed E-state index contributed by atoms with van der Waals surface area (Å²) in [5.74, 6) is 0.933. The molecule has 7 aromatic rings. The van der Waals surface area contributed by atoms with Crippen molar-refractivity contribution in [1.29, 1.82) is 0 Å². The van der Waals surface area contributed by atoms with Crippen LogP contribution in [-0.4, -0.2) is 9.55 Å². The molecule has 3 heterocycles. The van der Waals surface area contributed by atoms with Gasteiger partial charge in [0, 0.05) is 27.7 Å². The van der Waals surface area contributed by atoms with Gasteiger partial charge in [0.15, 0.2) is 0 Å². The third kappa shape index (κ3) is 3.86. The van der Waals surface area contributed by atoms with E-state index in [1.54, 1.807) is 0 Å². The van der Waals surface area contributed by atoms with Gasteiger partial charge in [-0.15, -0.1) is 0 Å². The van der Waals surface area contributed by atoms with Crippen LogP contribution in [0.25, 0.3) is 50.9 Å². The number of anilines is 3. The van der Waals surface area contributed by atoms with Crippen molar-refractivity contribution < 1.29 is 0 Å². The molecule has 8 rings (SSSR count). The van der Waals surface area contributed by atoms with Crippen molar-refractivity contribution in [3.05, 3.63) is 150 Å². The first kappa shape index (κ1) is 24.4. The summed E-state index contributed by atoms with van der Waals surface area (Å²) in [5, 5.41) is 2.43. The lowest BCUT2D eigenvalue weighted by Gasteiger charge is -2.28. The predicted octanol–water partition coefficient (Wildman–Crippen LogP) is 10.4. The Balaban J connectivity index is 1.52. The topological polar surface area (TPSA) is 21.1 Å². The standard InChI is InChI=1S/C39H29N3/c1-2-31-25-30(27-13-5-3-6-14-27)26-37(40-31)42-36-20-12-10-18-33(36)34-24-23-29-22-21-28-15-9-11-19-35(28)41(38(29)39(34)42)32-16-7-4-8-17-32/h3-26H,2H2,1H3. The van der Waals surface area contributed by atoms with E-state index in [0.29, 0.717) is 0 Å². The highest BCUT2D eigenvalue weighted by molar-refractivity contribution is 6.16. The second-order valence-electron chi connectivity index (χ2n) is 10.7. The first-order valence-electron chi connectivity index (χ1n) is 14.6. The number of para-hydroxylation sites is 3. The largest absolute Gasteiger partial charge is 0.307 e. The molecule has 0 saturated carbocycles. The number of hydrogen-bond donors (Lipinski definition) is 0. The lowest BCUT2D eigenvalue weighted by atomic mass is 10.0. The van der Waals surface area contributed by atoms with E-state index in [4.69, 9.17) is 4.98 Å². The Labute approximate surface area is 245 Å². The zero-order valence-corrected chi connectivity index (χ0v) is 23.4. The molecule has 0 amide bonds. The zero-order valence-electron chi connectivity index (χ0n) is 23.4. The molecule has 42 heavy (non-hydrogen) atoms. The zero-order chi connectivity index (χ0) is 28.0. The molecular weight excluding hydrogens is 510 g/mol. The molecule has 1 aliphatic heterocycles. The highest BCUT2D eigenvalue weighted by Gasteiger charge is 2.26. The quantitative estimate of drug-likeness (QED) is 0.222. The number of pyridine rings is 1. The number of nitrogens with zero attached hydrogens (tertiary/aromatic N) is 3. The molecule has 0 radical (unpaired) electrons. The molecule has 5 aromatic carbocycles. The molecule has 0 saturated heterocycles. The minimum atomic E-state index is 0.856. The molecule has 0 fully saturated rings. The van der Waals surface area contributed by atoms with E-state index in [1.807, 2.05) is 0 Å². The third-order valence-electron chi connectivity index (χ3n) is 8.26. The molecule has 3 heteroatoms. The third-order valence-corrected chi connectivity index (χ3v) is 8.26. The Hall–Kier alpha value is -5.41. The average Bonchev–Trinajstić information content (AvgIpc) is 3.30. The van der Waals surface area contributed by atoms with Crippen LogP contribution in [-0.2, 0) is 6.42 Å². The second kappa shape index (κ2) is 9.90. The van der Waals surface area contributed by atoms with Crippen LogP contribution in [0.1, 0.15) is 23.7 Å². The van der Waals surface area contributed by atoms with Crippen LogP contribution in [0, 0.1) is 0 Å². The van der Waals surface area contributed by atoms with Crippen LogP contribution < -0.4 is 4.90 Å². The molecule has 0 bridgehead atoms. The van der Waals surface area contributed by atoms with Crippen molar-refractivity contribution in [1.82, 2.24) is 9.55 Å². The van der Waals surface area contributed by atoms with Crippen molar-refractivity contribution in [2.75, 3.05) is 4.90 Å². The van der Waals surface area contributed by atoms with Gasteiger partial charge in [0.25, 0.3) is 0 Å². The molecule has 1 aliphatic rings. The van der Waals surface area contributed by atoms with Gasteiger partial charge in [-0.05, 0) is 59.5 Å². The Morgan fingerprint density at radius 1 is 0.595 bits per heavy atom. The Morgan fingerprint density at radius 2 is 1.31 bits per heavy atom. The van der Waals surface area contributed by atoms with Crippen LogP contribution in [0.5, 0.6) is 0 Å². The van der Waals surface area contributed by atoms with Crippen LogP contribution in [0.2, 0.25) is 0 Å². The molecular formula is C39H29N3. The molecule has 0 spiro atoms. The van der Waals surface area contributed by atoms with E-state index in [2.05, 4.69) is 162 Å². The van der Waals surface area contributed by atoms with E-state index in [-0.39, 0.29) is 0 Å². The number of fused-ring (bicyclic) bond motifs is 6. The lowest BCUT2D eigenvalue weighted by molar-refractivity contribution is 0.983. The van der Waals surface area contributed by atoms with Crippen molar-refractivity contribution in [2.24, 2.45) is 0 Å². The maximum atomic E-state index is 5.26. The number of benzene rings is 5. The van der Waals surface area contributed by atoms with Gasteiger partial charge < -0.3 is 4.90 Å². The number of aromatic nitrogens is 2. The number of rotatable bonds is 4. The Bertz CT molecular complexity index is 2120. The monoisotopic (exact) mass is 539 g/mol. The normalized spacial score (nSPS) is 12.4. The minimum Gasteiger partial charge on any atom is -0.307 e. The van der Waals surface area contributed by atoms with E-state index >= 15 is 0 Å². The number of aryl methyl sites for hydroxylation is 1. The molecule has 0 atom stereocenters. The van der Waals surface area contributed by atoms with Gasteiger partial charge in [-0.2, -0.15) is 0 Å². The molecule has 200 valence electrons. The predicted molar refractivity (Wildman–Crippen MR) is 177 cm³/mol. The summed E-state index contributed by atoms with van der Waals surface area (Å²) in [7, 11) is 0. The fraction of sp³-hybridized carbons (Fsp3) is 0.0513. The van der Waals surface area contributed by atoms with Crippen molar-refractivity contribution in [2.45, 2.75) is 13.3 Å². The van der Waals surface area contributed by atoms with Crippen LogP contribution in [0.15, 0.2) is 133 Å². The van der Waals surface area contributed by atoms with Gasteiger partial charge in [-0.25, -0.2) is 4.98 Å². The summed E-state index contributed by atoms with van der Waals surface area (Å²) in [6.45, 7) is 2.18. The first-order valence-corrected chi connectivity index (χ1v) is 14.6. The van der Waals surface area contributed by atoms with Gasteiger partial charge >= 0.3 is 0 Å². The van der Waals surface area contributed by atoms with E-state index < -0.39 is 0 Å². The maximum absolute atomic E-state index is 5.26. The van der Waals surface area contributed by atoms with Crippen molar-refractivity contribution in [3.8, 4) is 16.9 Å². The lowest BCUT2D eigenvalue weighted by Crippen LogP contribution is -2.13. The van der Waals surface area contributed by atoms with Gasteiger partial charge in [-0.1, -0.05) is 116 Å². The highest BCUT2D eigenvalue weighted by atomic mass is 15.2. The summed E-state index contributed by atoms with van der Waals surface area (Å²) >= 11 is 0. The van der Waals surface area contributed by atoms with Gasteiger partial charge in [0.2, 0.25) is 0 Å². The summed E-state index contributed by atoms with van der Waals surface area (Å²) in [5.41, 5.74) is 11.5. The first-order chi connectivity index (χ1) is 20.8. The molecule has 0 aliphatic carbocycles. The van der Waals surface area contributed by atoms with Gasteiger partial charge in [0.05, 0.1) is 22.4 Å². The van der Waals surface area contributed by atoms with E-state index in [1.165, 1.54) is 33.0 Å². The average molecular weight is 540 g/mol. The smallest absolute Gasteiger partial charge is 0.138 e. The Morgan fingerprint density at radius 3 is 2.14 bits per heavy atom. The van der Waals surface area contributed by atoms with Crippen LogP contribution in [0.4, 0.5) is 17.1 Å². The van der Waals surface area contributed by atoms with E-state index in [9.17, 15) is 0 Å². The summed E-state index contributed by atoms with van der Waals surface area (Å²) < 4.78 is 2.38. The molecule has 0 N–H and O–H groups in total. The minimum absolute atomic E-state index is 0.856. The van der Waals surface area contributed by atoms with Gasteiger partial charge in [-0.3, -0.25) is 4.57 Å². The van der Waals surface area contributed by atoms with Crippen molar-refractivity contribution >= 4 is 51.0 Å². The Kier molecular flexibility index (Phi) is 5.75. The van der Waals surface area contributed by atoms with Crippen LogP contribution >= 0.6 is 0 Å².